The fourth-order valence-corrected chi connectivity index (χ4v) is 2.13. The van der Waals surface area contributed by atoms with Crippen molar-refractivity contribution in [1.29, 1.82) is 0 Å². The van der Waals surface area contributed by atoms with Gasteiger partial charge in [0.15, 0.2) is 0 Å². The third-order valence-electron chi connectivity index (χ3n) is 2.61. The molecule has 2 aromatic rings. The topological polar surface area (TPSA) is 29.1 Å². The van der Waals surface area contributed by atoms with Crippen LogP contribution in [-0.2, 0) is 4.79 Å². The molecule has 0 saturated heterocycles. The Bertz CT molecular complexity index is 676. The van der Waals surface area contributed by atoms with E-state index in [9.17, 15) is 13.6 Å². The third kappa shape index (κ3) is 3.80. The van der Waals surface area contributed by atoms with Crippen LogP contribution < -0.4 is 5.32 Å². The lowest BCUT2D eigenvalue weighted by molar-refractivity contribution is -0.111. The molecule has 0 atom stereocenters. The highest BCUT2D eigenvalue weighted by Gasteiger charge is 2.10. The fraction of sp³-hybridized carbons (Fsp3) is 0. The van der Waals surface area contributed by atoms with Crippen LogP contribution in [0.1, 0.15) is 5.56 Å². The Hall–Kier alpha value is -1.91. The van der Waals surface area contributed by atoms with Crippen molar-refractivity contribution in [3.63, 3.8) is 0 Å². The van der Waals surface area contributed by atoms with Crippen molar-refractivity contribution < 1.29 is 13.6 Å². The van der Waals surface area contributed by atoms with E-state index in [1.807, 2.05) is 0 Å². The van der Waals surface area contributed by atoms with E-state index in [2.05, 4.69) is 5.32 Å². The van der Waals surface area contributed by atoms with Crippen LogP contribution in [0.5, 0.6) is 0 Å². The average Bonchev–Trinajstić information content (AvgIpc) is 2.42. The predicted octanol–water partition coefficient (Wildman–Crippen LogP) is 4.92. The Balaban J connectivity index is 2.17. The number of halogens is 4. The second kappa shape index (κ2) is 6.70. The molecule has 2 rings (SSSR count). The number of anilines is 1. The number of amides is 1. The van der Waals surface area contributed by atoms with E-state index in [-0.39, 0.29) is 0 Å². The van der Waals surface area contributed by atoms with Gasteiger partial charge in [-0.25, -0.2) is 8.78 Å². The Morgan fingerprint density at radius 2 is 1.52 bits per heavy atom. The monoisotopic (exact) mass is 327 g/mol. The van der Waals surface area contributed by atoms with Gasteiger partial charge in [0.05, 0.1) is 0 Å². The van der Waals surface area contributed by atoms with Gasteiger partial charge in [0.2, 0.25) is 5.91 Å². The van der Waals surface area contributed by atoms with Crippen LogP contribution in [0.4, 0.5) is 14.5 Å². The van der Waals surface area contributed by atoms with Crippen LogP contribution in [0.3, 0.4) is 0 Å². The largest absolute Gasteiger partial charge is 0.318 e. The molecule has 0 heterocycles. The summed E-state index contributed by atoms with van der Waals surface area (Å²) in [5.41, 5.74) is -0.0533. The lowest BCUT2D eigenvalue weighted by Gasteiger charge is -2.05. The molecule has 0 spiro atoms. The van der Waals surface area contributed by atoms with Crippen molar-refractivity contribution in [3.05, 3.63) is 69.7 Å². The summed E-state index contributed by atoms with van der Waals surface area (Å²) in [7, 11) is 0. The second-order valence-corrected chi connectivity index (χ2v) is 4.87. The molecule has 1 N–H and O–H groups in total. The molecule has 0 bridgehead atoms. The molecule has 21 heavy (non-hydrogen) atoms. The molecule has 0 fully saturated rings. The van der Waals surface area contributed by atoms with Gasteiger partial charge in [0.1, 0.15) is 17.3 Å². The molecule has 2 nitrogen and oxygen atoms in total. The molecule has 2 aromatic carbocycles. The summed E-state index contributed by atoms with van der Waals surface area (Å²) >= 11 is 11.9. The fourth-order valence-electron chi connectivity index (χ4n) is 1.61. The predicted molar refractivity (Wildman–Crippen MR) is 80.5 cm³/mol. The van der Waals surface area contributed by atoms with Gasteiger partial charge in [-0.05, 0) is 30.3 Å². The van der Waals surface area contributed by atoms with Gasteiger partial charge < -0.3 is 5.32 Å². The average molecular weight is 328 g/mol. The SMILES string of the molecule is O=C(/C=C/c1c(Cl)cccc1Cl)Nc1c(F)cccc1F. The van der Waals surface area contributed by atoms with Crippen molar-refractivity contribution in [1.82, 2.24) is 0 Å². The molecule has 6 heteroatoms. The lowest BCUT2D eigenvalue weighted by atomic mass is 10.2. The molecule has 0 aliphatic heterocycles. The summed E-state index contributed by atoms with van der Waals surface area (Å²) in [6, 6.07) is 8.19. The molecule has 108 valence electrons. The summed E-state index contributed by atoms with van der Waals surface area (Å²) in [5, 5.41) is 2.85. The summed E-state index contributed by atoms with van der Waals surface area (Å²) in [6.07, 6.45) is 2.47. The van der Waals surface area contributed by atoms with Gasteiger partial charge in [0, 0.05) is 21.7 Å². The molecule has 0 aliphatic carbocycles. The quantitative estimate of drug-likeness (QED) is 0.796. The zero-order valence-electron chi connectivity index (χ0n) is 10.5. The van der Waals surface area contributed by atoms with Crippen LogP contribution in [0.25, 0.3) is 6.08 Å². The summed E-state index contributed by atoms with van der Waals surface area (Å²) in [5.74, 6) is -2.41. The molecule has 0 aromatic heterocycles. The van der Waals surface area contributed by atoms with Gasteiger partial charge in [-0.2, -0.15) is 0 Å². The van der Waals surface area contributed by atoms with E-state index < -0.39 is 23.2 Å². The van der Waals surface area contributed by atoms with Crippen LogP contribution in [-0.4, -0.2) is 5.91 Å². The molecular weight excluding hydrogens is 319 g/mol. The maximum atomic E-state index is 13.4. The van der Waals surface area contributed by atoms with Gasteiger partial charge in [-0.1, -0.05) is 35.3 Å². The maximum absolute atomic E-state index is 13.4. The lowest BCUT2D eigenvalue weighted by Crippen LogP contribution is -2.10. The highest BCUT2D eigenvalue weighted by atomic mass is 35.5. The minimum Gasteiger partial charge on any atom is -0.318 e. The molecule has 0 aliphatic rings. The molecular formula is C15H9Cl2F2NO. The van der Waals surface area contributed by atoms with E-state index in [1.165, 1.54) is 12.1 Å². The van der Waals surface area contributed by atoms with E-state index >= 15 is 0 Å². The summed E-state index contributed by atoms with van der Waals surface area (Å²) < 4.78 is 26.8. The summed E-state index contributed by atoms with van der Waals surface area (Å²) in [4.78, 5) is 11.7. The van der Waals surface area contributed by atoms with Crippen molar-refractivity contribution in [2.24, 2.45) is 0 Å². The van der Waals surface area contributed by atoms with E-state index in [0.29, 0.717) is 15.6 Å². The minimum absolute atomic E-state index is 0.364. The standard InChI is InChI=1S/C15H9Cl2F2NO/c16-10-3-1-4-11(17)9(10)7-8-14(21)20-15-12(18)5-2-6-13(15)19/h1-8H,(H,20,21)/b8-7+. The molecule has 0 radical (unpaired) electrons. The highest BCUT2D eigenvalue weighted by Crippen LogP contribution is 2.25. The Labute approximate surface area is 130 Å². The van der Waals surface area contributed by atoms with E-state index in [0.717, 1.165) is 18.2 Å². The minimum atomic E-state index is -0.854. The van der Waals surface area contributed by atoms with Gasteiger partial charge in [-0.15, -0.1) is 0 Å². The van der Waals surface area contributed by atoms with Gasteiger partial charge >= 0.3 is 0 Å². The van der Waals surface area contributed by atoms with Crippen molar-refractivity contribution in [3.8, 4) is 0 Å². The van der Waals surface area contributed by atoms with E-state index in [4.69, 9.17) is 23.2 Å². The number of rotatable bonds is 3. The van der Waals surface area contributed by atoms with Crippen LogP contribution in [0.2, 0.25) is 10.0 Å². The zero-order chi connectivity index (χ0) is 15.4. The molecule has 0 unspecified atom stereocenters. The van der Waals surface area contributed by atoms with Crippen LogP contribution in [0.15, 0.2) is 42.5 Å². The first-order valence-corrected chi connectivity index (χ1v) is 6.61. The molecule has 1 amide bonds. The number of carbonyl (C=O) groups excluding carboxylic acids is 1. The van der Waals surface area contributed by atoms with Gasteiger partial charge in [-0.3, -0.25) is 4.79 Å². The normalized spacial score (nSPS) is 10.9. The molecule has 0 saturated carbocycles. The van der Waals surface area contributed by atoms with Crippen molar-refractivity contribution in [2.45, 2.75) is 0 Å². The Kier molecular flexibility index (Phi) is 4.94. The first kappa shape index (κ1) is 15.5. The van der Waals surface area contributed by atoms with Crippen molar-refractivity contribution in [2.75, 3.05) is 5.32 Å². The van der Waals surface area contributed by atoms with E-state index in [1.54, 1.807) is 18.2 Å². The first-order chi connectivity index (χ1) is 9.99. The Morgan fingerprint density at radius 1 is 1.00 bits per heavy atom. The first-order valence-electron chi connectivity index (χ1n) is 5.86. The maximum Gasteiger partial charge on any atom is 0.248 e. The number of para-hydroxylation sites is 1. The zero-order valence-corrected chi connectivity index (χ0v) is 12.1. The summed E-state index contributed by atoms with van der Waals surface area (Å²) in [6.45, 7) is 0. The number of benzene rings is 2. The highest BCUT2D eigenvalue weighted by molar-refractivity contribution is 6.37. The third-order valence-corrected chi connectivity index (χ3v) is 3.27. The number of hydrogen-bond donors (Lipinski definition) is 1. The number of hydrogen-bond acceptors (Lipinski definition) is 1. The smallest absolute Gasteiger partial charge is 0.248 e. The van der Waals surface area contributed by atoms with Crippen LogP contribution >= 0.6 is 23.2 Å². The van der Waals surface area contributed by atoms with Crippen LogP contribution in [0, 0.1) is 11.6 Å². The Morgan fingerprint density at radius 3 is 2.10 bits per heavy atom. The van der Waals surface area contributed by atoms with Crippen molar-refractivity contribution >= 4 is 40.9 Å². The number of carbonyl (C=O) groups is 1. The van der Waals surface area contributed by atoms with Gasteiger partial charge in [0.25, 0.3) is 0 Å². The number of nitrogens with one attached hydrogen (secondary N) is 1. The second-order valence-electron chi connectivity index (χ2n) is 4.05.